The number of nitrogens with one attached hydrogen (secondary N) is 1. The van der Waals surface area contributed by atoms with Gasteiger partial charge in [0.1, 0.15) is 0 Å². The third kappa shape index (κ3) is 5.98. The Morgan fingerprint density at radius 1 is 1.05 bits per heavy atom. The lowest BCUT2D eigenvalue weighted by molar-refractivity contribution is -0.122. The van der Waals surface area contributed by atoms with Gasteiger partial charge in [0, 0.05) is 19.0 Å². The van der Waals surface area contributed by atoms with Crippen LogP contribution in [0.5, 0.6) is 0 Å². The maximum absolute atomic E-state index is 12.1. The van der Waals surface area contributed by atoms with Crippen LogP contribution in [-0.2, 0) is 4.79 Å². The molecule has 1 amide bonds. The summed E-state index contributed by atoms with van der Waals surface area (Å²) < 4.78 is 0. The second-order valence-electron chi connectivity index (χ2n) is 7.04. The van der Waals surface area contributed by atoms with Crippen molar-refractivity contribution in [2.24, 2.45) is 5.92 Å². The van der Waals surface area contributed by atoms with E-state index in [1.54, 1.807) is 0 Å². The summed E-state index contributed by atoms with van der Waals surface area (Å²) in [7, 11) is 0. The highest BCUT2D eigenvalue weighted by Gasteiger charge is 2.28. The number of nitrogens with zero attached hydrogens (tertiary/aromatic N) is 1. The van der Waals surface area contributed by atoms with Crippen molar-refractivity contribution in [3.8, 4) is 0 Å². The normalized spacial score (nSPS) is 27.5. The van der Waals surface area contributed by atoms with Crippen LogP contribution in [0.1, 0.15) is 77.6 Å². The summed E-state index contributed by atoms with van der Waals surface area (Å²) in [4.78, 5) is 14.7. The molecule has 21 heavy (non-hydrogen) atoms. The first kappa shape index (κ1) is 16.8. The SMILES string of the molecule is CCCCCC(=O)NC1CCCCC1CN1CCCCC1. The number of rotatable bonds is 7. The Balaban J connectivity index is 1.76. The lowest BCUT2D eigenvalue weighted by Crippen LogP contribution is -2.47. The number of unbranched alkanes of at least 4 members (excludes halogenated alkanes) is 2. The minimum atomic E-state index is 0.291. The van der Waals surface area contributed by atoms with Gasteiger partial charge in [0.25, 0.3) is 0 Å². The van der Waals surface area contributed by atoms with E-state index in [2.05, 4.69) is 17.1 Å². The molecule has 1 saturated heterocycles. The van der Waals surface area contributed by atoms with E-state index in [9.17, 15) is 4.79 Å². The molecule has 0 spiro atoms. The molecular formula is C18H34N2O. The lowest BCUT2D eigenvalue weighted by atomic mass is 9.83. The fraction of sp³-hybridized carbons (Fsp3) is 0.944. The molecule has 1 saturated carbocycles. The minimum Gasteiger partial charge on any atom is -0.353 e. The Labute approximate surface area is 130 Å². The van der Waals surface area contributed by atoms with Crippen molar-refractivity contribution in [2.45, 2.75) is 83.6 Å². The highest BCUT2D eigenvalue weighted by atomic mass is 16.1. The van der Waals surface area contributed by atoms with Gasteiger partial charge in [-0.3, -0.25) is 4.79 Å². The fourth-order valence-corrected chi connectivity index (χ4v) is 3.90. The quantitative estimate of drug-likeness (QED) is 0.726. The number of piperidine rings is 1. The first-order valence-corrected chi connectivity index (χ1v) is 9.31. The molecule has 1 N–H and O–H groups in total. The molecule has 0 aromatic heterocycles. The van der Waals surface area contributed by atoms with E-state index < -0.39 is 0 Å². The van der Waals surface area contributed by atoms with Crippen molar-refractivity contribution in [1.82, 2.24) is 10.2 Å². The predicted molar refractivity (Wildman–Crippen MR) is 88.3 cm³/mol. The Kier molecular flexibility index (Phi) is 7.56. The Morgan fingerprint density at radius 3 is 2.57 bits per heavy atom. The fourth-order valence-electron chi connectivity index (χ4n) is 3.90. The Morgan fingerprint density at radius 2 is 1.81 bits per heavy atom. The average molecular weight is 294 g/mol. The lowest BCUT2D eigenvalue weighted by Gasteiger charge is -2.37. The van der Waals surface area contributed by atoms with E-state index in [1.165, 1.54) is 77.4 Å². The summed E-state index contributed by atoms with van der Waals surface area (Å²) in [6.07, 6.45) is 13.4. The Hall–Kier alpha value is -0.570. The van der Waals surface area contributed by atoms with Crippen LogP contribution in [0, 0.1) is 5.92 Å². The first-order chi connectivity index (χ1) is 10.3. The van der Waals surface area contributed by atoms with Gasteiger partial charge in [-0.05, 0) is 51.1 Å². The van der Waals surface area contributed by atoms with Crippen LogP contribution in [0.25, 0.3) is 0 Å². The first-order valence-electron chi connectivity index (χ1n) is 9.31. The number of hydrogen-bond acceptors (Lipinski definition) is 2. The largest absolute Gasteiger partial charge is 0.353 e. The van der Waals surface area contributed by atoms with E-state index in [4.69, 9.17) is 0 Å². The summed E-state index contributed by atoms with van der Waals surface area (Å²) in [5, 5.41) is 3.35. The monoisotopic (exact) mass is 294 g/mol. The summed E-state index contributed by atoms with van der Waals surface area (Å²) in [5.74, 6) is 0.978. The number of carbonyl (C=O) groups excluding carboxylic acids is 1. The zero-order valence-corrected chi connectivity index (χ0v) is 13.9. The zero-order chi connectivity index (χ0) is 14.9. The molecule has 0 radical (unpaired) electrons. The highest BCUT2D eigenvalue weighted by molar-refractivity contribution is 5.76. The van der Waals surface area contributed by atoms with Crippen molar-refractivity contribution in [3.05, 3.63) is 0 Å². The highest BCUT2D eigenvalue weighted by Crippen LogP contribution is 2.26. The van der Waals surface area contributed by atoms with E-state index in [0.29, 0.717) is 17.9 Å². The van der Waals surface area contributed by atoms with Crippen LogP contribution in [0.15, 0.2) is 0 Å². The van der Waals surface area contributed by atoms with Crippen molar-refractivity contribution in [2.75, 3.05) is 19.6 Å². The molecule has 2 unspecified atom stereocenters. The van der Waals surface area contributed by atoms with Gasteiger partial charge < -0.3 is 10.2 Å². The number of amides is 1. The van der Waals surface area contributed by atoms with Crippen LogP contribution in [0.3, 0.4) is 0 Å². The van der Waals surface area contributed by atoms with E-state index in [-0.39, 0.29) is 0 Å². The summed E-state index contributed by atoms with van der Waals surface area (Å²) in [6.45, 7) is 5.94. The minimum absolute atomic E-state index is 0.291. The molecular weight excluding hydrogens is 260 g/mol. The van der Waals surface area contributed by atoms with E-state index >= 15 is 0 Å². The molecule has 0 aromatic rings. The van der Waals surface area contributed by atoms with Gasteiger partial charge in [-0.1, -0.05) is 39.0 Å². The molecule has 122 valence electrons. The van der Waals surface area contributed by atoms with Gasteiger partial charge in [-0.15, -0.1) is 0 Å². The van der Waals surface area contributed by atoms with Crippen LogP contribution in [0.4, 0.5) is 0 Å². The van der Waals surface area contributed by atoms with E-state index in [0.717, 1.165) is 12.8 Å². The third-order valence-electron chi connectivity index (χ3n) is 5.20. The topological polar surface area (TPSA) is 32.3 Å². The van der Waals surface area contributed by atoms with Crippen LogP contribution >= 0.6 is 0 Å². The number of hydrogen-bond donors (Lipinski definition) is 1. The van der Waals surface area contributed by atoms with Crippen molar-refractivity contribution < 1.29 is 4.79 Å². The molecule has 2 rings (SSSR count). The number of likely N-dealkylation sites (tertiary alicyclic amines) is 1. The summed E-state index contributed by atoms with van der Waals surface area (Å²) >= 11 is 0. The van der Waals surface area contributed by atoms with Crippen LogP contribution in [-0.4, -0.2) is 36.5 Å². The summed E-state index contributed by atoms with van der Waals surface area (Å²) in [5.41, 5.74) is 0. The maximum atomic E-state index is 12.1. The molecule has 3 heteroatoms. The van der Waals surface area contributed by atoms with Crippen molar-refractivity contribution >= 4 is 5.91 Å². The van der Waals surface area contributed by atoms with E-state index in [1.807, 2.05) is 0 Å². The van der Waals surface area contributed by atoms with Crippen molar-refractivity contribution in [3.63, 3.8) is 0 Å². The Bertz CT molecular complexity index is 300. The van der Waals surface area contributed by atoms with Gasteiger partial charge in [-0.25, -0.2) is 0 Å². The standard InChI is InChI=1S/C18H34N2O/c1-2-3-5-12-18(21)19-17-11-7-6-10-16(17)15-20-13-8-4-9-14-20/h16-17H,2-15H2,1H3,(H,19,21). The molecule has 2 atom stereocenters. The molecule has 2 aliphatic rings. The van der Waals surface area contributed by atoms with Gasteiger partial charge in [-0.2, -0.15) is 0 Å². The molecule has 1 aliphatic heterocycles. The molecule has 3 nitrogen and oxygen atoms in total. The van der Waals surface area contributed by atoms with Crippen LogP contribution < -0.4 is 5.32 Å². The molecule has 1 aliphatic carbocycles. The predicted octanol–water partition coefficient (Wildman–Crippen LogP) is 3.73. The number of carbonyl (C=O) groups is 1. The molecule has 0 aromatic carbocycles. The van der Waals surface area contributed by atoms with Gasteiger partial charge in [0.2, 0.25) is 5.91 Å². The summed E-state index contributed by atoms with van der Waals surface area (Å²) in [6, 6.07) is 0.440. The molecule has 0 bridgehead atoms. The third-order valence-corrected chi connectivity index (χ3v) is 5.20. The second kappa shape index (κ2) is 9.45. The van der Waals surface area contributed by atoms with Crippen molar-refractivity contribution in [1.29, 1.82) is 0 Å². The van der Waals surface area contributed by atoms with Gasteiger partial charge >= 0.3 is 0 Å². The average Bonchev–Trinajstić information content (AvgIpc) is 2.51. The zero-order valence-electron chi connectivity index (χ0n) is 13.9. The molecule has 1 heterocycles. The maximum Gasteiger partial charge on any atom is 0.220 e. The van der Waals surface area contributed by atoms with Gasteiger partial charge in [0.15, 0.2) is 0 Å². The second-order valence-corrected chi connectivity index (χ2v) is 7.04. The molecule has 2 fully saturated rings. The van der Waals surface area contributed by atoms with Gasteiger partial charge in [0.05, 0.1) is 0 Å². The van der Waals surface area contributed by atoms with Crippen LogP contribution in [0.2, 0.25) is 0 Å². The smallest absolute Gasteiger partial charge is 0.220 e.